The Balaban J connectivity index is 1.14. The fourth-order valence-corrected chi connectivity index (χ4v) is 7.67. The number of rotatable bonds is 4. The number of anilines is 1. The lowest BCUT2D eigenvalue weighted by Gasteiger charge is -2.50. The number of fused-ring (bicyclic) bond motifs is 1. The Hall–Kier alpha value is -1.79. The Morgan fingerprint density at radius 2 is 1.88 bits per heavy atom. The van der Waals surface area contributed by atoms with E-state index in [-0.39, 0.29) is 29.2 Å². The monoisotopic (exact) mass is 441 g/mol. The minimum absolute atomic E-state index is 0.0269. The van der Waals surface area contributed by atoms with Crippen LogP contribution >= 0.6 is 0 Å². The Bertz CT molecular complexity index is 882. The van der Waals surface area contributed by atoms with Gasteiger partial charge in [0.15, 0.2) is 0 Å². The highest BCUT2D eigenvalue weighted by molar-refractivity contribution is 5.77. The van der Waals surface area contributed by atoms with Gasteiger partial charge < -0.3 is 24.0 Å². The molecule has 7 unspecified atom stereocenters. The zero-order valence-corrected chi connectivity index (χ0v) is 19.6. The summed E-state index contributed by atoms with van der Waals surface area (Å²) in [5.74, 6) is 2.39. The number of piperazine rings is 1. The molecule has 5 aliphatic rings. The molecule has 7 atom stereocenters. The zero-order valence-electron chi connectivity index (χ0n) is 19.6. The number of quaternary nitrogens is 1. The van der Waals surface area contributed by atoms with Crippen LogP contribution in [0.5, 0.6) is 5.75 Å². The van der Waals surface area contributed by atoms with Crippen LogP contribution in [0.15, 0.2) is 24.3 Å². The standard InChI is InChI=1S/C26H36N2O4/c1-17-4-9-22-20(23(29)31-26(22)21(17)10-11-25(2)24(26)32-25)16-27-12-14-28(15-13-27)18-5-7-19(30-3)8-6-18/h5-8,17,20-22,24H,4,9-16H2,1-3H3/p+1. The van der Waals surface area contributed by atoms with E-state index in [9.17, 15) is 4.79 Å². The predicted octanol–water partition coefficient (Wildman–Crippen LogP) is 1.93. The maximum atomic E-state index is 13.3. The van der Waals surface area contributed by atoms with E-state index in [1.54, 1.807) is 12.0 Å². The summed E-state index contributed by atoms with van der Waals surface area (Å²) < 4.78 is 18.0. The molecule has 1 aromatic rings. The molecule has 0 amide bonds. The van der Waals surface area contributed by atoms with E-state index in [4.69, 9.17) is 14.2 Å². The van der Waals surface area contributed by atoms with Crippen molar-refractivity contribution in [3.63, 3.8) is 0 Å². The first-order chi connectivity index (χ1) is 15.4. The van der Waals surface area contributed by atoms with E-state index < -0.39 is 0 Å². The third-order valence-corrected chi connectivity index (χ3v) is 9.51. The number of carbonyl (C=O) groups is 1. The summed E-state index contributed by atoms with van der Waals surface area (Å²) in [5, 5.41) is 0. The quantitative estimate of drug-likeness (QED) is 0.572. The molecule has 3 heterocycles. The van der Waals surface area contributed by atoms with Crippen molar-refractivity contribution < 1.29 is 23.9 Å². The van der Waals surface area contributed by atoms with Crippen LogP contribution in [0.1, 0.15) is 39.5 Å². The van der Waals surface area contributed by atoms with E-state index >= 15 is 0 Å². The predicted molar refractivity (Wildman–Crippen MR) is 121 cm³/mol. The molecule has 32 heavy (non-hydrogen) atoms. The van der Waals surface area contributed by atoms with Gasteiger partial charge in [0.25, 0.3) is 0 Å². The molecule has 6 heteroatoms. The zero-order chi connectivity index (χ0) is 22.1. The first kappa shape index (κ1) is 20.8. The summed E-state index contributed by atoms with van der Waals surface area (Å²) in [6, 6.07) is 8.34. The van der Waals surface area contributed by atoms with Gasteiger partial charge in [-0.2, -0.15) is 0 Å². The lowest BCUT2D eigenvalue weighted by Crippen LogP contribution is -3.15. The molecular formula is C26H37N2O4+. The molecule has 1 aromatic carbocycles. The largest absolute Gasteiger partial charge is 0.497 e. The number of nitrogens with one attached hydrogen (secondary N) is 1. The van der Waals surface area contributed by atoms with E-state index in [0.29, 0.717) is 17.8 Å². The number of nitrogens with zero attached hydrogens (tertiary/aromatic N) is 1. The Morgan fingerprint density at radius 1 is 1.12 bits per heavy atom. The smallest absolute Gasteiger partial charge is 0.315 e. The number of ether oxygens (including phenoxy) is 3. The summed E-state index contributed by atoms with van der Waals surface area (Å²) in [4.78, 5) is 17.3. The topological polar surface area (TPSA) is 55.7 Å². The molecule has 1 spiro atoms. The number of benzene rings is 1. The Kier molecular flexibility index (Phi) is 4.78. The number of methoxy groups -OCH3 is 1. The van der Waals surface area contributed by atoms with Crippen LogP contribution in [0, 0.1) is 23.7 Å². The minimum atomic E-state index is -0.350. The molecule has 6 nitrogen and oxygen atoms in total. The molecule has 3 aliphatic heterocycles. The lowest BCUT2D eigenvalue weighted by atomic mass is 9.55. The van der Waals surface area contributed by atoms with E-state index in [2.05, 4.69) is 30.9 Å². The van der Waals surface area contributed by atoms with E-state index in [0.717, 1.165) is 57.7 Å². The highest BCUT2D eigenvalue weighted by atomic mass is 16.7. The van der Waals surface area contributed by atoms with Crippen LogP contribution < -0.4 is 14.5 Å². The summed E-state index contributed by atoms with van der Waals surface area (Å²) in [6.07, 6.45) is 4.70. The van der Waals surface area contributed by atoms with Crippen molar-refractivity contribution in [2.45, 2.75) is 56.8 Å². The fourth-order valence-electron chi connectivity index (χ4n) is 7.67. The second kappa shape index (κ2) is 7.36. The van der Waals surface area contributed by atoms with E-state index in [1.807, 2.05) is 12.1 Å². The van der Waals surface area contributed by atoms with Gasteiger partial charge in [-0.15, -0.1) is 0 Å². The number of hydrogen-bond acceptors (Lipinski definition) is 5. The van der Waals surface area contributed by atoms with Gasteiger partial charge >= 0.3 is 5.97 Å². The van der Waals surface area contributed by atoms with Crippen LogP contribution in [0.3, 0.4) is 0 Å². The maximum Gasteiger partial charge on any atom is 0.315 e. The molecule has 2 saturated carbocycles. The van der Waals surface area contributed by atoms with Crippen LogP contribution in [0.2, 0.25) is 0 Å². The molecule has 1 N–H and O–H groups in total. The highest BCUT2D eigenvalue weighted by Crippen LogP contribution is 2.66. The van der Waals surface area contributed by atoms with Crippen LogP contribution in [0.25, 0.3) is 0 Å². The molecular weight excluding hydrogens is 404 g/mol. The summed E-state index contributed by atoms with van der Waals surface area (Å²) in [5.41, 5.74) is 0.842. The van der Waals surface area contributed by atoms with Crippen molar-refractivity contribution in [2.24, 2.45) is 23.7 Å². The third-order valence-electron chi connectivity index (χ3n) is 9.51. The average Bonchev–Trinajstić information content (AvgIpc) is 3.44. The van der Waals surface area contributed by atoms with Gasteiger partial charge in [-0.05, 0) is 62.8 Å². The molecule has 0 aromatic heterocycles. The van der Waals surface area contributed by atoms with Gasteiger partial charge in [-0.1, -0.05) is 6.92 Å². The Labute approximate surface area is 191 Å². The molecule has 0 radical (unpaired) electrons. The highest BCUT2D eigenvalue weighted by Gasteiger charge is 2.77. The second-order valence-electron chi connectivity index (χ2n) is 11.1. The molecule has 2 aliphatic carbocycles. The number of hydrogen-bond donors (Lipinski definition) is 1. The van der Waals surface area contributed by atoms with Gasteiger partial charge in [0.2, 0.25) is 0 Å². The van der Waals surface area contributed by atoms with Crippen molar-refractivity contribution in [1.29, 1.82) is 0 Å². The van der Waals surface area contributed by atoms with Crippen LogP contribution in [-0.2, 0) is 14.3 Å². The van der Waals surface area contributed by atoms with Crippen molar-refractivity contribution in [1.82, 2.24) is 0 Å². The van der Waals surface area contributed by atoms with Crippen molar-refractivity contribution in [3.8, 4) is 5.75 Å². The summed E-state index contributed by atoms with van der Waals surface area (Å²) in [7, 11) is 1.70. The third kappa shape index (κ3) is 3.02. The molecule has 0 bridgehead atoms. The van der Waals surface area contributed by atoms with Crippen LogP contribution in [0.4, 0.5) is 5.69 Å². The fraction of sp³-hybridized carbons (Fsp3) is 0.731. The maximum absolute atomic E-state index is 13.3. The number of epoxide rings is 1. The minimum Gasteiger partial charge on any atom is -0.497 e. The second-order valence-corrected chi connectivity index (χ2v) is 11.1. The van der Waals surface area contributed by atoms with Gasteiger partial charge in [-0.3, -0.25) is 4.79 Å². The number of carbonyl (C=O) groups excluding carboxylic acids is 1. The SMILES string of the molecule is COc1ccc(N2CC[NH+](CC3C(=O)OC45C(CCC6(C)OC64)C(C)CCC35)CC2)cc1. The molecule has 174 valence electrons. The molecule has 5 fully saturated rings. The van der Waals surface area contributed by atoms with Gasteiger partial charge in [0.05, 0.1) is 45.4 Å². The number of esters is 1. The average molecular weight is 442 g/mol. The normalized spacial score (nSPS) is 43.2. The van der Waals surface area contributed by atoms with Crippen LogP contribution in [-0.4, -0.2) is 63.1 Å². The first-order valence-electron chi connectivity index (χ1n) is 12.6. The van der Waals surface area contributed by atoms with Crippen molar-refractivity contribution in [3.05, 3.63) is 24.3 Å². The summed E-state index contributed by atoms with van der Waals surface area (Å²) >= 11 is 0. The van der Waals surface area contributed by atoms with Gasteiger partial charge in [-0.25, -0.2) is 0 Å². The van der Waals surface area contributed by atoms with E-state index in [1.165, 1.54) is 12.1 Å². The van der Waals surface area contributed by atoms with Crippen molar-refractivity contribution >= 4 is 11.7 Å². The first-order valence-corrected chi connectivity index (χ1v) is 12.6. The van der Waals surface area contributed by atoms with Gasteiger partial charge in [0, 0.05) is 17.5 Å². The summed E-state index contributed by atoms with van der Waals surface area (Å²) in [6.45, 7) is 9.65. The molecule has 3 saturated heterocycles. The Morgan fingerprint density at radius 3 is 2.59 bits per heavy atom. The van der Waals surface area contributed by atoms with Gasteiger partial charge in [0.1, 0.15) is 23.4 Å². The molecule has 6 rings (SSSR count). The van der Waals surface area contributed by atoms with Crippen molar-refractivity contribution in [2.75, 3.05) is 44.7 Å². The lowest BCUT2D eigenvalue weighted by molar-refractivity contribution is -0.903.